The van der Waals surface area contributed by atoms with Crippen molar-refractivity contribution in [2.45, 2.75) is 12.4 Å². The highest BCUT2D eigenvalue weighted by atomic mass is 31.2. The molecule has 0 aromatic heterocycles. The zero-order valence-corrected chi connectivity index (χ0v) is 22.3. The van der Waals surface area contributed by atoms with Gasteiger partial charge in [0.25, 0.3) is 0 Å². The number of amides is 1. The maximum atomic E-state index is 14.1. The molecule has 0 fully saturated rings. The number of hydrogen-bond acceptors (Lipinski definition) is 5. The van der Waals surface area contributed by atoms with Gasteiger partial charge in [0.1, 0.15) is 18.1 Å². The molecule has 0 aliphatic carbocycles. The molecule has 1 amide bonds. The summed E-state index contributed by atoms with van der Waals surface area (Å²) in [7, 11) is -2.12. The molecule has 0 aliphatic heterocycles. The molecule has 0 aliphatic rings. The van der Waals surface area contributed by atoms with Gasteiger partial charge in [-0.25, -0.2) is 31.7 Å². The fraction of sp³-hybridized carbons (Fsp3) is 0.0714. The summed E-state index contributed by atoms with van der Waals surface area (Å²) >= 11 is 0. The number of para-hydroxylation sites is 2. The molecule has 4 aromatic carbocycles. The molecule has 0 saturated carbocycles. The minimum atomic E-state index is -2.33. The molecule has 14 heteroatoms. The number of nitrogens with zero attached hydrogens (tertiary/aromatic N) is 1. The van der Waals surface area contributed by atoms with Gasteiger partial charge in [0, 0.05) is 0 Å². The summed E-state index contributed by atoms with van der Waals surface area (Å²) in [5.41, 5.74) is 10.4. The Morgan fingerprint density at radius 1 is 0.738 bits per heavy atom. The molecule has 0 spiro atoms. The average Bonchev–Trinajstić information content (AvgIpc) is 2.99. The largest absolute Gasteiger partial charge is 0.444 e. The SMILES string of the molecule is NC(N)=Nc1ccc(C(NC(=O)OCc2c(F)c(F)c(F)c(F)c2F)P(Oc2ccccc2)Oc2ccccc2)cc1. The number of carbonyl (C=O) groups is 1. The summed E-state index contributed by atoms with van der Waals surface area (Å²) in [5.74, 6) is -11.4. The van der Waals surface area contributed by atoms with E-state index < -0.39 is 61.5 Å². The molecule has 5 N–H and O–H groups in total. The number of hydrogen-bond donors (Lipinski definition) is 3. The Balaban J connectivity index is 1.66. The van der Waals surface area contributed by atoms with E-state index in [1.54, 1.807) is 84.9 Å². The fourth-order valence-corrected chi connectivity index (χ4v) is 5.03. The fourth-order valence-electron chi connectivity index (χ4n) is 3.50. The molecule has 0 radical (unpaired) electrons. The number of nitrogens with one attached hydrogen (secondary N) is 1. The van der Waals surface area contributed by atoms with Gasteiger partial charge in [-0.3, -0.25) is 0 Å². The van der Waals surface area contributed by atoms with Crippen LogP contribution in [0.4, 0.5) is 32.4 Å². The third-order valence-electron chi connectivity index (χ3n) is 5.46. The van der Waals surface area contributed by atoms with E-state index in [-0.39, 0.29) is 5.96 Å². The number of nitrogens with two attached hydrogens (primary N) is 2. The number of guanidine groups is 1. The molecule has 8 nitrogen and oxygen atoms in total. The van der Waals surface area contributed by atoms with Gasteiger partial charge < -0.3 is 30.6 Å². The highest BCUT2D eigenvalue weighted by molar-refractivity contribution is 7.48. The third-order valence-corrected chi connectivity index (χ3v) is 7.09. The summed E-state index contributed by atoms with van der Waals surface area (Å²) in [4.78, 5) is 16.8. The van der Waals surface area contributed by atoms with Crippen LogP contribution in [0, 0.1) is 29.1 Å². The summed E-state index contributed by atoms with van der Waals surface area (Å²) in [6.07, 6.45) is -1.27. The average molecular weight is 604 g/mol. The lowest BCUT2D eigenvalue weighted by molar-refractivity contribution is 0.134. The molecule has 42 heavy (non-hydrogen) atoms. The van der Waals surface area contributed by atoms with Crippen LogP contribution < -0.4 is 25.8 Å². The minimum absolute atomic E-state index is 0.184. The molecule has 0 bridgehead atoms. The van der Waals surface area contributed by atoms with Crippen molar-refractivity contribution in [3.63, 3.8) is 0 Å². The number of halogens is 5. The molecule has 1 unspecified atom stereocenters. The van der Waals surface area contributed by atoms with Gasteiger partial charge in [-0.05, 0) is 42.0 Å². The van der Waals surface area contributed by atoms with Crippen molar-refractivity contribution in [2.24, 2.45) is 16.5 Å². The van der Waals surface area contributed by atoms with E-state index in [1.165, 1.54) is 0 Å². The molecule has 0 heterocycles. The lowest BCUT2D eigenvalue weighted by Gasteiger charge is -2.27. The molecule has 218 valence electrons. The molecular weight excluding hydrogens is 582 g/mol. The predicted octanol–water partition coefficient (Wildman–Crippen LogP) is 6.68. The molecule has 4 rings (SSSR count). The van der Waals surface area contributed by atoms with Crippen LogP contribution in [0.1, 0.15) is 16.9 Å². The second-order valence-electron chi connectivity index (χ2n) is 8.39. The number of benzene rings is 4. The number of rotatable bonds is 10. The summed E-state index contributed by atoms with van der Waals surface area (Å²) in [6, 6.07) is 23.2. The highest BCUT2D eigenvalue weighted by Gasteiger charge is 2.33. The van der Waals surface area contributed by atoms with Gasteiger partial charge in [0.15, 0.2) is 35.0 Å². The Labute approximate surface area is 237 Å². The van der Waals surface area contributed by atoms with Crippen molar-refractivity contribution >= 4 is 26.1 Å². The zero-order valence-electron chi connectivity index (χ0n) is 21.4. The first-order chi connectivity index (χ1) is 20.1. The van der Waals surface area contributed by atoms with Crippen LogP contribution in [0.3, 0.4) is 0 Å². The summed E-state index contributed by atoms with van der Waals surface area (Å²) < 4.78 is 86.0. The Bertz CT molecular complexity index is 1490. The Morgan fingerprint density at radius 2 is 1.21 bits per heavy atom. The standard InChI is InChI=1S/C28H22F5N4O4P/c29-21-20(22(30)24(32)25(33)23(21)31)15-39-28(38)37-26(16-11-13-17(14-12-16)36-27(34)35)42(40-18-7-3-1-4-8-18)41-19-9-5-2-6-10-19/h1-14,26H,15H2,(H,37,38)(H4,34,35,36). The first kappa shape index (κ1) is 30.1. The van der Waals surface area contributed by atoms with Crippen LogP contribution in [-0.2, 0) is 11.3 Å². The Kier molecular flexibility index (Phi) is 9.77. The predicted molar refractivity (Wildman–Crippen MR) is 145 cm³/mol. The van der Waals surface area contributed by atoms with Gasteiger partial charge in [0.2, 0.25) is 5.82 Å². The van der Waals surface area contributed by atoms with E-state index in [2.05, 4.69) is 10.3 Å². The lowest BCUT2D eigenvalue weighted by atomic mass is 10.2. The maximum Gasteiger partial charge on any atom is 0.408 e. The second-order valence-corrected chi connectivity index (χ2v) is 9.85. The van der Waals surface area contributed by atoms with Crippen LogP contribution in [0.25, 0.3) is 0 Å². The van der Waals surface area contributed by atoms with E-state index in [0.29, 0.717) is 22.7 Å². The van der Waals surface area contributed by atoms with Crippen molar-refractivity contribution in [1.82, 2.24) is 5.32 Å². The van der Waals surface area contributed by atoms with Gasteiger partial charge >= 0.3 is 14.5 Å². The van der Waals surface area contributed by atoms with Crippen LogP contribution in [0.2, 0.25) is 0 Å². The van der Waals surface area contributed by atoms with Crippen LogP contribution in [-0.4, -0.2) is 12.1 Å². The first-order valence-electron chi connectivity index (χ1n) is 12.0. The van der Waals surface area contributed by atoms with Crippen molar-refractivity contribution in [3.05, 3.63) is 125 Å². The number of carbonyl (C=O) groups excluding carboxylic acids is 1. The normalized spacial score (nSPS) is 11.5. The Hall–Kier alpha value is -4.90. The van der Waals surface area contributed by atoms with Crippen LogP contribution >= 0.6 is 8.38 Å². The van der Waals surface area contributed by atoms with Crippen LogP contribution in [0.5, 0.6) is 11.5 Å². The molecular formula is C28H22F5N4O4P. The summed E-state index contributed by atoms with van der Waals surface area (Å²) in [6.45, 7) is -1.26. The van der Waals surface area contributed by atoms with Crippen molar-refractivity contribution in [2.75, 3.05) is 0 Å². The van der Waals surface area contributed by atoms with E-state index in [0.717, 1.165) is 0 Å². The van der Waals surface area contributed by atoms with E-state index in [9.17, 15) is 26.7 Å². The molecule has 0 saturated heterocycles. The van der Waals surface area contributed by atoms with E-state index >= 15 is 0 Å². The third kappa shape index (κ3) is 7.43. The van der Waals surface area contributed by atoms with Gasteiger partial charge in [-0.2, -0.15) is 0 Å². The van der Waals surface area contributed by atoms with Gasteiger partial charge in [-0.15, -0.1) is 0 Å². The molecule has 1 atom stereocenters. The number of alkyl carbamates (subject to hydrolysis) is 1. The van der Waals surface area contributed by atoms with Crippen molar-refractivity contribution < 1.29 is 40.5 Å². The van der Waals surface area contributed by atoms with Crippen molar-refractivity contribution in [3.8, 4) is 11.5 Å². The summed E-state index contributed by atoms with van der Waals surface area (Å²) in [5, 5.41) is 2.51. The quantitative estimate of drug-likeness (QED) is 0.0464. The first-order valence-corrected chi connectivity index (χ1v) is 13.3. The topological polar surface area (TPSA) is 121 Å². The van der Waals surface area contributed by atoms with E-state index in [1.807, 2.05) is 0 Å². The monoisotopic (exact) mass is 604 g/mol. The van der Waals surface area contributed by atoms with Gasteiger partial charge in [-0.1, -0.05) is 48.5 Å². The highest BCUT2D eigenvalue weighted by Crippen LogP contribution is 2.51. The van der Waals surface area contributed by atoms with E-state index in [4.69, 9.17) is 25.3 Å². The zero-order chi connectivity index (χ0) is 30.2. The maximum absolute atomic E-state index is 14.1. The minimum Gasteiger partial charge on any atom is -0.444 e. The van der Waals surface area contributed by atoms with Gasteiger partial charge in [0.05, 0.1) is 11.3 Å². The van der Waals surface area contributed by atoms with Crippen molar-refractivity contribution in [1.29, 1.82) is 0 Å². The number of aliphatic imine (C=N–C) groups is 1. The second kappa shape index (κ2) is 13.6. The van der Waals surface area contributed by atoms with Crippen LogP contribution in [0.15, 0.2) is 89.9 Å². The number of ether oxygens (including phenoxy) is 1. The smallest absolute Gasteiger partial charge is 0.408 e. The Morgan fingerprint density at radius 3 is 1.69 bits per heavy atom. The molecule has 4 aromatic rings. The lowest BCUT2D eigenvalue weighted by Crippen LogP contribution is -2.30.